The van der Waals surface area contributed by atoms with Gasteiger partial charge in [-0.2, -0.15) is 0 Å². The highest BCUT2D eigenvalue weighted by Gasteiger charge is 2.12. The quantitative estimate of drug-likeness (QED) is 0.806. The van der Waals surface area contributed by atoms with E-state index in [4.69, 9.17) is 0 Å². The van der Waals surface area contributed by atoms with Crippen molar-refractivity contribution in [1.29, 1.82) is 0 Å². The summed E-state index contributed by atoms with van der Waals surface area (Å²) < 4.78 is 6.38. The molecule has 4 nitrogen and oxygen atoms in total. The fourth-order valence-electron chi connectivity index (χ4n) is 1.72. The zero-order valence-corrected chi connectivity index (χ0v) is 9.68. The third kappa shape index (κ3) is 2.15. The summed E-state index contributed by atoms with van der Waals surface area (Å²) in [5.41, 5.74) is 2.20. The number of aromatic hydroxyl groups is 1. The summed E-state index contributed by atoms with van der Waals surface area (Å²) >= 11 is 0. The van der Waals surface area contributed by atoms with Gasteiger partial charge in [-0.25, -0.2) is 4.79 Å². The number of benzene rings is 1. The Hall–Kier alpha value is -2.23. The number of carbonyl (C=O) groups excluding carboxylic acids is 1. The van der Waals surface area contributed by atoms with E-state index in [1.165, 1.54) is 7.11 Å². The van der Waals surface area contributed by atoms with Crippen LogP contribution in [0.2, 0.25) is 0 Å². The van der Waals surface area contributed by atoms with Crippen molar-refractivity contribution in [3.05, 3.63) is 42.2 Å². The minimum Gasteiger partial charge on any atom is -0.508 e. The molecule has 2 aromatic rings. The third-order valence-corrected chi connectivity index (χ3v) is 2.58. The smallest absolute Gasteiger partial charge is 0.354 e. The van der Waals surface area contributed by atoms with Crippen LogP contribution in [0.15, 0.2) is 36.5 Å². The molecule has 0 saturated carbocycles. The molecule has 0 amide bonds. The maximum Gasteiger partial charge on any atom is 0.354 e. The molecule has 17 heavy (non-hydrogen) atoms. The van der Waals surface area contributed by atoms with Gasteiger partial charge in [0.25, 0.3) is 0 Å². The van der Waals surface area contributed by atoms with Gasteiger partial charge in [-0.3, -0.25) is 0 Å². The van der Waals surface area contributed by atoms with Crippen molar-refractivity contribution in [2.75, 3.05) is 7.11 Å². The van der Waals surface area contributed by atoms with Gasteiger partial charge in [-0.15, -0.1) is 0 Å². The Morgan fingerprint density at radius 3 is 2.71 bits per heavy atom. The molecule has 1 heterocycles. The lowest BCUT2D eigenvalue weighted by Crippen LogP contribution is -2.06. The van der Waals surface area contributed by atoms with Gasteiger partial charge >= 0.3 is 5.97 Å². The molecular formula is C13H13NO3. The van der Waals surface area contributed by atoms with Gasteiger partial charge in [0.1, 0.15) is 11.4 Å². The molecule has 88 valence electrons. The monoisotopic (exact) mass is 231 g/mol. The summed E-state index contributed by atoms with van der Waals surface area (Å²) in [4.78, 5) is 11.5. The van der Waals surface area contributed by atoms with Crippen LogP contribution in [0.3, 0.4) is 0 Å². The van der Waals surface area contributed by atoms with Gasteiger partial charge in [0.05, 0.1) is 7.11 Å². The number of aryl methyl sites for hydroxylation is 1. The zero-order chi connectivity index (χ0) is 12.4. The largest absolute Gasteiger partial charge is 0.508 e. The minimum atomic E-state index is -0.376. The van der Waals surface area contributed by atoms with Crippen LogP contribution in [-0.4, -0.2) is 22.8 Å². The second-order valence-corrected chi connectivity index (χ2v) is 3.77. The van der Waals surface area contributed by atoms with Crippen molar-refractivity contribution in [1.82, 2.24) is 4.57 Å². The molecule has 0 spiro atoms. The molecule has 0 unspecified atom stereocenters. The average molecular weight is 231 g/mol. The maximum absolute atomic E-state index is 11.5. The predicted molar refractivity (Wildman–Crippen MR) is 63.9 cm³/mol. The highest BCUT2D eigenvalue weighted by Crippen LogP contribution is 2.25. The molecule has 0 fully saturated rings. The molecule has 2 rings (SSSR count). The van der Waals surface area contributed by atoms with Crippen molar-refractivity contribution >= 4 is 5.97 Å². The molecule has 0 radical (unpaired) electrons. The van der Waals surface area contributed by atoms with Crippen LogP contribution in [-0.2, 0) is 11.8 Å². The van der Waals surface area contributed by atoms with E-state index < -0.39 is 0 Å². The Labute approximate surface area is 99.1 Å². The summed E-state index contributed by atoms with van der Waals surface area (Å²) in [6, 6.07) is 8.62. The molecule has 0 atom stereocenters. The van der Waals surface area contributed by atoms with E-state index in [0.29, 0.717) is 5.69 Å². The Morgan fingerprint density at radius 2 is 2.06 bits per heavy atom. The zero-order valence-electron chi connectivity index (χ0n) is 9.68. The fraction of sp³-hybridized carbons (Fsp3) is 0.154. The maximum atomic E-state index is 11.5. The van der Waals surface area contributed by atoms with Gasteiger partial charge in [-0.1, -0.05) is 12.1 Å². The van der Waals surface area contributed by atoms with Crippen LogP contribution < -0.4 is 0 Å². The highest BCUT2D eigenvalue weighted by atomic mass is 16.5. The third-order valence-electron chi connectivity index (χ3n) is 2.58. The second-order valence-electron chi connectivity index (χ2n) is 3.77. The molecule has 0 aliphatic rings. The molecule has 1 N–H and O–H groups in total. The molecule has 0 aliphatic heterocycles. The van der Waals surface area contributed by atoms with Gasteiger partial charge in [0, 0.05) is 18.8 Å². The van der Waals surface area contributed by atoms with Crippen LogP contribution in [0.4, 0.5) is 0 Å². The van der Waals surface area contributed by atoms with Crippen molar-refractivity contribution in [3.8, 4) is 16.9 Å². The van der Waals surface area contributed by atoms with Gasteiger partial charge in [-0.05, 0) is 23.8 Å². The van der Waals surface area contributed by atoms with Gasteiger partial charge in [0.2, 0.25) is 0 Å². The number of phenolic OH excluding ortho intramolecular Hbond substituents is 1. The topological polar surface area (TPSA) is 51.5 Å². The van der Waals surface area contributed by atoms with Crippen LogP contribution in [0.5, 0.6) is 5.75 Å². The second kappa shape index (κ2) is 4.33. The summed E-state index contributed by atoms with van der Waals surface area (Å²) in [6.07, 6.45) is 1.82. The number of hydrogen-bond donors (Lipinski definition) is 1. The first-order valence-electron chi connectivity index (χ1n) is 5.16. The normalized spacial score (nSPS) is 10.2. The first kappa shape index (κ1) is 11.3. The lowest BCUT2D eigenvalue weighted by Gasteiger charge is -1.98. The molecule has 1 aromatic carbocycles. The van der Waals surface area contributed by atoms with Crippen LogP contribution >= 0.6 is 0 Å². The molecule has 1 aromatic heterocycles. The van der Waals surface area contributed by atoms with E-state index in [-0.39, 0.29) is 11.7 Å². The predicted octanol–water partition coefficient (Wildman–Crippen LogP) is 2.18. The van der Waals surface area contributed by atoms with E-state index in [9.17, 15) is 9.90 Å². The van der Waals surface area contributed by atoms with Crippen molar-refractivity contribution < 1.29 is 14.6 Å². The number of ether oxygens (including phenoxy) is 1. The number of carbonyl (C=O) groups is 1. The Kier molecular flexibility index (Phi) is 2.87. The summed E-state index contributed by atoms with van der Waals surface area (Å²) in [6.45, 7) is 0. The lowest BCUT2D eigenvalue weighted by atomic mass is 10.1. The Balaban J connectivity index is 2.44. The van der Waals surface area contributed by atoms with E-state index in [0.717, 1.165) is 11.1 Å². The molecule has 4 heteroatoms. The molecule has 0 bridgehead atoms. The first-order valence-corrected chi connectivity index (χ1v) is 5.16. The number of aromatic nitrogens is 1. The number of phenols is 1. The minimum absolute atomic E-state index is 0.200. The first-order chi connectivity index (χ1) is 8.11. The van der Waals surface area contributed by atoms with E-state index in [1.807, 2.05) is 12.3 Å². The van der Waals surface area contributed by atoms with E-state index in [2.05, 4.69) is 4.74 Å². The Morgan fingerprint density at radius 1 is 1.29 bits per heavy atom. The summed E-state index contributed by atoms with van der Waals surface area (Å²) in [7, 11) is 3.13. The van der Waals surface area contributed by atoms with Crippen LogP contribution in [0, 0.1) is 0 Å². The van der Waals surface area contributed by atoms with Crippen molar-refractivity contribution in [2.24, 2.45) is 7.05 Å². The number of hydrogen-bond acceptors (Lipinski definition) is 3. The van der Waals surface area contributed by atoms with Crippen molar-refractivity contribution in [2.45, 2.75) is 0 Å². The van der Waals surface area contributed by atoms with Crippen LogP contribution in [0.25, 0.3) is 11.1 Å². The number of esters is 1. The number of rotatable bonds is 2. The SMILES string of the molecule is COC(=O)c1cc(-c2cccc(O)c2)cn1C. The molecule has 0 aliphatic carbocycles. The average Bonchev–Trinajstić information content (AvgIpc) is 2.70. The summed E-state index contributed by atoms with van der Waals surface area (Å²) in [5.74, 6) is -0.176. The van der Waals surface area contributed by atoms with Gasteiger partial charge < -0.3 is 14.4 Å². The van der Waals surface area contributed by atoms with Crippen LogP contribution in [0.1, 0.15) is 10.5 Å². The number of nitrogens with zero attached hydrogens (tertiary/aromatic N) is 1. The highest BCUT2D eigenvalue weighted by molar-refractivity contribution is 5.89. The number of methoxy groups -OCH3 is 1. The Bertz CT molecular complexity index is 558. The summed E-state index contributed by atoms with van der Waals surface area (Å²) in [5, 5.41) is 9.41. The van der Waals surface area contributed by atoms with E-state index in [1.54, 1.807) is 35.9 Å². The molecular weight excluding hydrogens is 218 g/mol. The van der Waals surface area contributed by atoms with E-state index >= 15 is 0 Å². The van der Waals surface area contributed by atoms with Gasteiger partial charge in [0.15, 0.2) is 0 Å². The lowest BCUT2D eigenvalue weighted by molar-refractivity contribution is 0.0590. The molecule has 0 saturated heterocycles. The van der Waals surface area contributed by atoms with Crippen molar-refractivity contribution in [3.63, 3.8) is 0 Å². The standard InChI is InChI=1S/C13H13NO3/c1-14-8-10(7-12(14)13(16)17-2)9-4-3-5-11(15)6-9/h3-8,15H,1-2H3. The fourth-order valence-corrected chi connectivity index (χ4v) is 1.72.